The summed E-state index contributed by atoms with van der Waals surface area (Å²) in [6.45, 7) is 1.09. The lowest BCUT2D eigenvalue weighted by atomic mass is 9.89. The largest absolute Gasteiger partial charge is 0.434 e. The van der Waals surface area contributed by atoms with Gasteiger partial charge >= 0.3 is 0 Å². The van der Waals surface area contributed by atoms with Crippen molar-refractivity contribution < 1.29 is 23.5 Å². The molecule has 49 heavy (non-hydrogen) atoms. The maximum Gasteiger partial charge on any atom is 0.264 e. The zero-order valence-corrected chi connectivity index (χ0v) is 28.1. The van der Waals surface area contributed by atoms with Gasteiger partial charge in [0.2, 0.25) is 11.7 Å². The van der Waals surface area contributed by atoms with Gasteiger partial charge in [-0.2, -0.15) is 0 Å². The van der Waals surface area contributed by atoms with Crippen LogP contribution in [0.1, 0.15) is 53.9 Å². The Morgan fingerprint density at radius 3 is 2.31 bits per heavy atom. The fourth-order valence-electron chi connectivity index (χ4n) is 6.41. The van der Waals surface area contributed by atoms with E-state index >= 15 is 0 Å². The van der Waals surface area contributed by atoms with Crippen molar-refractivity contribution >= 4 is 40.2 Å². The lowest BCUT2D eigenvalue weighted by Crippen LogP contribution is -2.42. The zero-order chi connectivity index (χ0) is 34.2. The molecule has 4 aromatic carbocycles. The minimum absolute atomic E-state index is 0.00535. The summed E-state index contributed by atoms with van der Waals surface area (Å²) in [5.74, 6) is -1.30. The minimum Gasteiger partial charge on any atom is -0.434 e. The highest BCUT2D eigenvalue weighted by Crippen LogP contribution is 2.29. The fraction of sp³-hybridized carbons (Fsp3) is 0.300. The van der Waals surface area contributed by atoms with Crippen molar-refractivity contribution in [2.45, 2.75) is 57.3 Å². The molecule has 2 N–H and O–H groups in total. The molecule has 1 fully saturated rings. The molecule has 1 aliphatic rings. The summed E-state index contributed by atoms with van der Waals surface area (Å²) in [5, 5.41) is 0.636. The summed E-state index contributed by atoms with van der Waals surface area (Å²) < 4.78 is 12.0. The van der Waals surface area contributed by atoms with Crippen molar-refractivity contribution in [1.29, 1.82) is 0 Å². The lowest BCUT2D eigenvalue weighted by Gasteiger charge is -2.25. The van der Waals surface area contributed by atoms with Crippen molar-refractivity contribution in [3.05, 3.63) is 125 Å². The summed E-state index contributed by atoms with van der Waals surface area (Å²) in [4.78, 5) is 47.8. The van der Waals surface area contributed by atoms with Crippen LogP contribution in [0.4, 0.5) is 0 Å². The number of benzene rings is 4. The lowest BCUT2D eigenvalue weighted by molar-refractivity contribution is -0.137. The fourth-order valence-corrected chi connectivity index (χ4v) is 6.53. The summed E-state index contributed by atoms with van der Waals surface area (Å²) >= 11 is 6.05. The van der Waals surface area contributed by atoms with E-state index in [-0.39, 0.29) is 48.9 Å². The molecule has 0 unspecified atom stereocenters. The molecule has 9 heteroatoms. The van der Waals surface area contributed by atoms with Crippen molar-refractivity contribution in [2.24, 2.45) is 11.7 Å². The number of carbonyl (C=O) groups excluding carboxylic acids is 3. The molecule has 0 saturated carbocycles. The molecule has 5 aromatic rings. The number of nitrogens with zero attached hydrogens (tertiary/aromatic N) is 2. The Bertz CT molecular complexity index is 1840. The van der Waals surface area contributed by atoms with E-state index in [1.54, 1.807) is 29.2 Å². The number of aromatic nitrogens is 1. The number of halogens is 1. The first-order valence-corrected chi connectivity index (χ1v) is 17.2. The van der Waals surface area contributed by atoms with Gasteiger partial charge in [-0.05, 0) is 65.9 Å². The number of nitrogens with two attached hydrogens (primary N) is 1. The molecule has 1 aromatic heterocycles. The van der Waals surface area contributed by atoms with Crippen LogP contribution in [0, 0.1) is 5.92 Å². The molecule has 252 valence electrons. The van der Waals surface area contributed by atoms with Crippen LogP contribution >= 0.6 is 11.6 Å². The highest BCUT2D eigenvalue weighted by atomic mass is 35.5. The van der Waals surface area contributed by atoms with Crippen LogP contribution in [0.2, 0.25) is 5.02 Å². The maximum atomic E-state index is 14.1. The first-order valence-electron chi connectivity index (χ1n) is 16.8. The summed E-state index contributed by atoms with van der Waals surface area (Å²) in [6, 6.07) is 31.8. The van der Waals surface area contributed by atoms with E-state index < -0.39 is 12.0 Å². The monoisotopic (exact) mass is 677 g/mol. The van der Waals surface area contributed by atoms with Gasteiger partial charge in [0.15, 0.2) is 11.4 Å². The van der Waals surface area contributed by atoms with E-state index in [1.807, 2.05) is 78.9 Å². The third-order valence-electron chi connectivity index (χ3n) is 9.10. The van der Waals surface area contributed by atoms with Gasteiger partial charge in [0, 0.05) is 30.3 Å². The smallest absolute Gasteiger partial charge is 0.264 e. The van der Waals surface area contributed by atoms with Crippen molar-refractivity contribution in [1.82, 2.24) is 9.88 Å². The van der Waals surface area contributed by atoms with E-state index in [4.69, 9.17) is 26.5 Å². The average Bonchev–Trinajstić information content (AvgIpc) is 3.77. The van der Waals surface area contributed by atoms with Crippen LogP contribution in [0.15, 0.2) is 108 Å². The van der Waals surface area contributed by atoms with Gasteiger partial charge in [-0.25, -0.2) is 4.98 Å². The van der Waals surface area contributed by atoms with Crippen molar-refractivity contribution in [3.63, 3.8) is 0 Å². The third kappa shape index (κ3) is 8.70. The van der Waals surface area contributed by atoms with Crippen LogP contribution in [0.5, 0.6) is 0 Å². The maximum absolute atomic E-state index is 14.1. The molecule has 0 aliphatic carbocycles. The predicted molar refractivity (Wildman–Crippen MR) is 190 cm³/mol. The van der Waals surface area contributed by atoms with Crippen LogP contribution in [0.25, 0.3) is 22.2 Å². The van der Waals surface area contributed by atoms with Crippen LogP contribution in [-0.4, -0.2) is 52.6 Å². The average molecular weight is 678 g/mol. The van der Waals surface area contributed by atoms with Crippen LogP contribution in [-0.2, 0) is 27.4 Å². The molecular formula is C40H40ClN3O5. The number of ketones is 2. The van der Waals surface area contributed by atoms with Crippen molar-refractivity contribution in [3.8, 4) is 11.1 Å². The molecule has 1 aliphatic heterocycles. The first kappa shape index (κ1) is 34.2. The van der Waals surface area contributed by atoms with Gasteiger partial charge in [-0.15, -0.1) is 0 Å². The quantitative estimate of drug-likeness (QED) is 0.0903. The number of oxazole rings is 1. The molecule has 6 rings (SSSR count). The molecule has 8 nitrogen and oxygen atoms in total. The Kier molecular flexibility index (Phi) is 11.3. The minimum atomic E-state index is -0.722. The Labute approximate surface area is 291 Å². The number of amides is 1. The van der Waals surface area contributed by atoms with Gasteiger partial charge in [0.1, 0.15) is 5.52 Å². The van der Waals surface area contributed by atoms with Crippen LogP contribution in [0.3, 0.4) is 0 Å². The van der Waals surface area contributed by atoms with E-state index in [1.165, 1.54) is 0 Å². The second-order valence-electron chi connectivity index (χ2n) is 12.6. The topological polar surface area (TPSA) is 116 Å². The van der Waals surface area contributed by atoms with Crippen molar-refractivity contribution in [2.75, 3.05) is 13.1 Å². The normalized spacial score (nSPS) is 16.6. The Morgan fingerprint density at radius 1 is 0.878 bits per heavy atom. The molecule has 0 bridgehead atoms. The van der Waals surface area contributed by atoms with E-state index in [9.17, 15) is 14.4 Å². The molecule has 2 heterocycles. The molecule has 1 amide bonds. The number of Topliss-reactive ketones (excluding diaryl/α,β-unsaturated/α-hetero) is 2. The molecule has 3 atom stereocenters. The second-order valence-corrected chi connectivity index (χ2v) is 13.0. The predicted octanol–water partition coefficient (Wildman–Crippen LogP) is 7.46. The Hall–Kier alpha value is -4.63. The van der Waals surface area contributed by atoms with Gasteiger partial charge in [0.05, 0.1) is 25.2 Å². The van der Waals surface area contributed by atoms with Crippen LogP contribution < -0.4 is 5.73 Å². The highest BCUT2D eigenvalue weighted by Gasteiger charge is 2.41. The highest BCUT2D eigenvalue weighted by molar-refractivity contribution is 6.30. The number of para-hydroxylation sites is 2. The third-order valence-corrected chi connectivity index (χ3v) is 9.35. The SMILES string of the molecule is NCCCC[C@H](CC(=O)[C@@H]1C[C@@H](OCc2ccc(Cl)cc2)CN1C(=O)Cc1ccc(-c2ccccc2)cc1)C(=O)c1nc2ccccc2o1. The number of hydrogen-bond donors (Lipinski definition) is 1. The summed E-state index contributed by atoms with van der Waals surface area (Å²) in [7, 11) is 0. The number of hydrogen-bond acceptors (Lipinski definition) is 7. The molecular weight excluding hydrogens is 638 g/mol. The van der Waals surface area contributed by atoms with Gasteiger partial charge < -0.3 is 19.8 Å². The van der Waals surface area contributed by atoms with E-state index in [0.29, 0.717) is 48.5 Å². The van der Waals surface area contributed by atoms with Gasteiger partial charge in [0.25, 0.3) is 5.89 Å². The number of likely N-dealkylation sites (tertiary alicyclic amines) is 1. The van der Waals surface area contributed by atoms with Gasteiger partial charge in [-0.1, -0.05) is 96.9 Å². The first-order chi connectivity index (χ1) is 23.9. The zero-order valence-electron chi connectivity index (χ0n) is 27.3. The number of rotatable bonds is 15. The number of carbonyl (C=O) groups is 3. The number of unbranched alkanes of at least 4 members (excludes halogenated alkanes) is 1. The summed E-state index contributed by atoms with van der Waals surface area (Å²) in [5.41, 5.74) is 10.8. The van der Waals surface area contributed by atoms with E-state index in [2.05, 4.69) is 4.98 Å². The van der Waals surface area contributed by atoms with E-state index in [0.717, 1.165) is 28.7 Å². The standard InChI is InChI=1S/C40H40ClN3O5/c41-32-19-15-28(16-20-32)26-48-33-24-35(44(25-33)38(46)22-27-13-17-30(18-14-27)29-8-2-1-3-9-29)36(45)23-31(10-6-7-21-42)39(47)40-43-34-11-4-5-12-37(34)49-40/h1-5,8-9,11-20,31,33,35H,6-7,10,21-26,42H2/t31-,33-,35+/m1/s1. The van der Waals surface area contributed by atoms with Gasteiger partial charge in [-0.3, -0.25) is 14.4 Å². The summed E-state index contributed by atoms with van der Waals surface area (Å²) in [6.07, 6.45) is 1.97. The second kappa shape index (κ2) is 16.2. The molecule has 0 spiro atoms. The molecule has 1 saturated heterocycles. The molecule has 0 radical (unpaired) electrons. The Balaban J connectivity index is 1.19. The number of fused-ring (bicyclic) bond motifs is 1. The Morgan fingerprint density at radius 2 is 1.57 bits per heavy atom. The number of ether oxygens (including phenoxy) is 1.